The van der Waals surface area contributed by atoms with Crippen molar-refractivity contribution in [2.75, 3.05) is 13.7 Å². The van der Waals surface area contributed by atoms with Gasteiger partial charge in [0.2, 0.25) is 0 Å². The molecule has 1 heterocycles. The Kier molecular flexibility index (Phi) is 6.59. The van der Waals surface area contributed by atoms with E-state index in [1.165, 1.54) is 22.5 Å². The molecule has 0 N–H and O–H groups in total. The lowest BCUT2D eigenvalue weighted by Crippen LogP contribution is -2.28. The number of nitrogens with zero attached hydrogens (tertiary/aromatic N) is 1. The second kappa shape index (κ2) is 9.54. The van der Waals surface area contributed by atoms with Crippen molar-refractivity contribution in [3.05, 3.63) is 76.7 Å². The molecule has 1 fully saturated rings. The van der Waals surface area contributed by atoms with Gasteiger partial charge in [-0.15, -0.1) is 0 Å². The Bertz CT molecular complexity index is 1170. The normalized spacial score (nSPS) is 15.2. The van der Waals surface area contributed by atoms with Crippen LogP contribution in [0.5, 0.6) is 11.5 Å². The van der Waals surface area contributed by atoms with Crippen LogP contribution in [0.25, 0.3) is 16.8 Å². The third-order valence-electron chi connectivity index (χ3n) is 5.07. The Labute approximate surface area is 191 Å². The summed E-state index contributed by atoms with van der Waals surface area (Å²) in [7, 11) is 1.62. The first kappa shape index (κ1) is 21.4. The highest BCUT2D eigenvalue weighted by molar-refractivity contribution is 8.26. The number of rotatable bonds is 7. The molecule has 1 aliphatic rings. The Hall–Kier alpha value is -2.83. The predicted octanol–water partition coefficient (Wildman–Crippen LogP) is 6.04. The van der Waals surface area contributed by atoms with E-state index in [9.17, 15) is 4.79 Å². The van der Waals surface area contributed by atoms with Crippen molar-refractivity contribution in [2.24, 2.45) is 0 Å². The number of carbonyl (C=O) groups excluding carboxylic acids is 1. The van der Waals surface area contributed by atoms with Crippen LogP contribution in [0.3, 0.4) is 0 Å². The molecule has 158 valence electrons. The summed E-state index contributed by atoms with van der Waals surface area (Å²) in [4.78, 5) is 14.9. The fourth-order valence-corrected chi connectivity index (χ4v) is 4.84. The third-order valence-corrected chi connectivity index (χ3v) is 6.45. The van der Waals surface area contributed by atoms with E-state index >= 15 is 0 Å². The van der Waals surface area contributed by atoms with Crippen LogP contribution in [-0.4, -0.2) is 28.8 Å². The molecule has 3 aromatic rings. The minimum atomic E-state index is -0.0351. The molecule has 0 unspecified atom stereocenters. The molecule has 0 aliphatic carbocycles. The van der Waals surface area contributed by atoms with Gasteiger partial charge in [-0.05, 0) is 46.5 Å². The molecular weight excluding hydrogens is 426 g/mol. The first-order valence-electron chi connectivity index (χ1n) is 10.1. The van der Waals surface area contributed by atoms with Crippen LogP contribution < -0.4 is 9.47 Å². The highest BCUT2D eigenvalue weighted by Crippen LogP contribution is 2.35. The average Bonchev–Trinajstić information content (AvgIpc) is 3.05. The van der Waals surface area contributed by atoms with Gasteiger partial charge in [0.15, 0.2) is 11.5 Å². The largest absolute Gasteiger partial charge is 0.493 e. The summed E-state index contributed by atoms with van der Waals surface area (Å²) in [6, 6.07) is 20.1. The van der Waals surface area contributed by atoms with Crippen LogP contribution in [0.1, 0.15) is 24.5 Å². The van der Waals surface area contributed by atoms with E-state index in [1.54, 1.807) is 12.0 Å². The molecule has 0 radical (unpaired) electrons. The van der Waals surface area contributed by atoms with Crippen LogP contribution in [-0.2, 0) is 11.4 Å². The van der Waals surface area contributed by atoms with E-state index in [1.807, 2.05) is 49.4 Å². The zero-order valence-corrected chi connectivity index (χ0v) is 19.1. The van der Waals surface area contributed by atoms with Gasteiger partial charge < -0.3 is 9.47 Å². The summed E-state index contributed by atoms with van der Waals surface area (Å²) >= 11 is 6.68. The van der Waals surface area contributed by atoms with Gasteiger partial charge in [0, 0.05) is 6.54 Å². The second-order valence-electron chi connectivity index (χ2n) is 7.17. The van der Waals surface area contributed by atoms with Crippen molar-refractivity contribution in [1.29, 1.82) is 0 Å². The summed E-state index contributed by atoms with van der Waals surface area (Å²) in [5, 5.41) is 2.36. The standard InChI is InChI=1S/C25H23NO3S2/c1-3-13-26-24(27)23(31-25(26)30)15-17-11-12-21(22(14-17)28-2)29-16-19-9-6-8-18-7-4-5-10-20(18)19/h4-12,14-15H,3,13,16H2,1-2H3/b23-15+. The first-order chi connectivity index (χ1) is 15.1. The van der Waals surface area contributed by atoms with Crippen LogP contribution in [0.4, 0.5) is 0 Å². The monoisotopic (exact) mass is 449 g/mol. The highest BCUT2D eigenvalue weighted by Gasteiger charge is 2.31. The van der Waals surface area contributed by atoms with Gasteiger partial charge >= 0.3 is 0 Å². The predicted molar refractivity (Wildman–Crippen MR) is 131 cm³/mol. The minimum Gasteiger partial charge on any atom is -0.493 e. The van der Waals surface area contributed by atoms with Gasteiger partial charge in [0.25, 0.3) is 5.91 Å². The molecule has 0 atom stereocenters. The fraction of sp³-hybridized carbons (Fsp3) is 0.200. The number of amides is 1. The number of carbonyl (C=O) groups is 1. The SMILES string of the molecule is CCCN1C(=O)/C(=C\c2ccc(OCc3cccc4ccccc34)c(OC)c2)SC1=S. The van der Waals surface area contributed by atoms with E-state index < -0.39 is 0 Å². The number of fused-ring (bicyclic) bond motifs is 1. The van der Waals surface area contributed by atoms with Gasteiger partial charge in [0.1, 0.15) is 10.9 Å². The van der Waals surface area contributed by atoms with Crippen molar-refractivity contribution >= 4 is 51.1 Å². The Balaban J connectivity index is 1.53. The zero-order chi connectivity index (χ0) is 21.8. The maximum absolute atomic E-state index is 12.6. The molecule has 4 rings (SSSR count). The van der Waals surface area contributed by atoms with Gasteiger partial charge in [-0.1, -0.05) is 79.4 Å². The van der Waals surface area contributed by atoms with Crippen molar-refractivity contribution in [2.45, 2.75) is 20.0 Å². The van der Waals surface area contributed by atoms with Crippen molar-refractivity contribution in [1.82, 2.24) is 4.90 Å². The molecule has 4 nitrogen and oxygen atoms in total. The summed E-state index contributed by atoms with van der Waals surface area (Å²) in [5.74, 6) is 1.25. The number of hydrogen-bond donors (Lipinski definition) is 0. The number of benzene rings is 3. The topological polar surface area (TPSA) is 38.8 Å². The molecule has 31 heavy (non-hydrogen) atoms. The summed E-state index contributed by atoms with van der Waals surface area (Å²) in [6.45, 7) is 3.11. The van der Waals surface area contributed by atoms with Crippen LogP contribution in [0.15, 0.2) is 65.6 Å². The van der Waals surface area contributed by atoms with E-state index in [0.717, 1.165) is 17.5 Å². The van der Waals surface area contributed by atoms with Crippen molar-refractivity contribution in [3.8, 4) is 11.5 Å². The number of thioether (sulfide) groups is 1. The minimum absolute atomic E-state index is 0.0351. The van der Waals surface area contributed by atoms with Gasteiger partial charge in [-0.25, -0.2) is 0 Å². The molecule has 1 amide bonds. The van der Waals surface area contributed by atoms with E-state index in [0.29, 0.717) is 33.9 Å². The molecular formula is C25H23NO3S2. The highest BCUT2D eigenvalue weighted by atomic mass is 32.2. The number of methoxy groups -OCH3 is 1. The van der Waals surface area contributed by atoms with E-state index in [-0.39, 0.29) is 5.91 Å². The smallest absolute Gasteiger partial charge is 0.266 e. The van der Waals surface area contributed by atoms with Gasteiger partial charge in [-0.2, -0.15) is 0 Å². The average molecular weight is 450 g/mol. The summed E-state index contributed by atoms with van der Waals surface area (Å²) in [6.07, 6.45) is 2.72. The molecule has 0 aromatic heterocycles. The lowest BCUT2D eigenvalue weighted by Gasteiger charge is -2.13. The number of thiocarbonyl (C=S) groups is 1. The Morgan fingerprint density at radius 2 is 1.87 bits per heavy atom. The van der Waals surface area contributed by atoms with Crippen molar-refractivity contribution < 1.29 is 14.3 Å². The molecule has 0 bridgehead atoms. The maximum atomic E-state index is 12.6. The lowest BCUT2D eigenvalue weighted by atomic mass is 10.1. The maximum Gasteiger partial charge on any atom is 0.266 e. The fourth-order valence-electron chi connectivity index (χ4n) is 3.53. The molecule has 0 saturated carbocycles. The van der Waals surface area contributed by atoms with Crippen LogP contribution >= 0.6 is 24.0 Å². The quantitative estimate of drug-likeness (QED) is 0.325. The summed E-state index contributed by atoms with van der Waals surface area (Å²) in [5.41, 5.74) is 1.98. The van der Waals surface area contributed by atoms with Crippen molar-refractivity contribution in [3.63, 3.8) is 0 Å². The molecule has 1 aliphatic heterocycles. The first-order valence-corrected chi connectivity index (χ1v) is 11.4. The number of ether oxygens (including phenoxy) is 2. The summed E-state index contributed by atoms with van der Waals surface area (Å²) < 4.78 is 12.3. The molecule has 0 spiro atoms. The third kappa shape index (κ3) is 4.60. The van der Waals surface area contributed by atoms with Gasteiger partial charge in [0.05, 0.1) is 12.0 Å². The molecule has 6 heteroatoms. The van der Waals surface area contributed by atoms with Gasteiger partial charge in [-0.3, -0.25) is 9.69 Å². The lowest BCUT2D eigenvalue weighted by molar-refractivity contribution is -0.122. The molecule has 1 saturated heterocycles. The zero-order valence-electron chi connectivity index (χ0n) is 17.5. The second-order valence-corrected chi connectivity index (χ2v) is 8.85. The number of hydrogen-bond acceptors (Lipinski definition) is 5. The Morgan fingerprint density at radius 1 is 1.06 bits per heavy atom. The molecule has 3 aromatic carbocycles. The Morgan fingerprint density at radius 3 is 2.68 bits per heavy atom. The van der Waals surface area contributed by atoms with Crippen LogP contribution in [0, 0.1) is 0 Å². The van der Waals surface area contributed by atoms with Crippen LogP contribution in [0.2, 0.25) is 0 Å². The van der Waals surface area contributed by atoms with E-state index in [4.69, 9.17) is 21.7 Å². The van der Waals surface area contributed by atoms with E-state index in [2.05, 4.69) is 24.3 Å².